The maximum atomic E-state index is 10.6. The summed E-state index contributed by atoms with van der Waals surface area (Å²) in [4.78, 5) is 41.1. The number of carbonyl (C=O) groups excluding carboxylic acids is 2. The molecule has 6 nitrogen and oxygen atoms in total. The molecule has 0 aliphatic carbocycles. The third-order valence-electron chi connectivity index (χ3n) is 1.75. The Hall–Kier alpha value is -1.72. The van der Waals surface area contributed by atoms with Crippen molar-refractivity contribution in [2.45, 2.75) is 41.5 Å². The molecule has 0 rings (SSSR count). The zero-order valence-corrected chi connectivity index (χ0v) is 11.5. The van der Waals surface area contributed by atoms with Crippen molar-refractivity contribution in [1.82, 2.24) is 0 Å². The van der Waals surface area contributed by atoms with Crippen molar-refractivity contribution in [3.8, 4) is 0 Å². The Morgan fingerprint density at radius 2 is 0.778 bits per heavy atom. The molecule has 6 heteroatoms. The van der Waals surface area contributed by atoms with E-state index in [1.807, 2.05) is 0 Å². The zero-order chi connectivity index (χ0) is 15.3. The SMILES string of the molecule is CC(C)(C)C(=O)C(=O)O.CC(C)(C)C(=O)C(=O)O. The van der Waals surface area contributed by atoms with Crippen LogP contribution < -0.4 is 0 Å². The van der Waals surface area contributed by atoms with Gasteiger partial charge in [0.2, 0.25) is 11.6 Å². The van der Waals surface area contributed by atoms with Crippen LogP contribution in [0.5, 0.6) is 0 Å². The summed E-state index contributed by atoms with van der Waals surface area (Å²) in [6, 6.07) is 0. The quantitative estimate of drug-likeness (QED) is 0.726. The van der Waals surface area contributed by atoms with Crippen LogP contribution in [0, 0.1) is 10.8 Å². The number of carboxylic acids is 2. The van der Waals surface area contributed by atoms with Gasteiger partial charge in [-0.2, -0.15) is 0 Å². The van der Waals surface area contributed by atoms with E-state index in [0.29, 0.717) is 0 Å². The van der Waals surface area contributed by atoms with Crippen molar-refractivity contribution in [2.75, 3.05) is 0 Å². The molecule has 0 unspecified atom stereocenters. The molecule has 104 valence electrons. The molecule has 0 aromatic heterocycles. The van der Waals surface area contributed by atoms with Crippen LogP contribution in [0.2, 0.25) is 0 Å². The molecule has 0 aromatic carbocycles. The first-order valence-corrected chi connectivity index (χ1v) is 5.26. The van der Waals surface area contributed by atoms with Gasteiger partial charge < -0.3 is 10.2 Å². The fraction of sp³-hybridized carbons (Fsp3) is 0.667. The van der Waals surface area contributed by atoms with Crippen LogP contribution in [0.1, 0.15) is 41.5 Å². The van der Waals surface area contributed by atoms with E-state index in [9.17, 15) is 19.2 Å². The molecule has 0 spiro atoms. The molecule has 0 saturated heterocycles. The van der Waals surface area contributed by atoms with Gasteiger partial charge in [-0.25, -0.2) is 9.59 Å². The summed E-state index contributed by atoms with van der Waals surface area (Å²) < 4.78 is 0. The van der Waals surface area contributed by atoms with Gasteiger partial charge in [-0.05, 0) is 0 Å². The first kappa shape index (κ1) is 18.6. The smallest absolute Gasteiger partial charge is 0.372 e. The molecule has 0 bridgehead atoms. The lowest BCUT2D eigenvalue weighted by molar-refractivity contribution is -0.152. The fourth-order valence-electron chi connectivity index (χ4n) is 0.642. The molecule has 0 saturated carbocycles. The van der Waals surface area contributed by atoms with Crippen molar-refractivity contribution in [3.05, 3.63) is 0 Å². The average molecular weight is 260 g/mol. The Labute approximate surface area is 106 Å². The second-order valence-corrected chi connectivity index (χ2v) is 5.77. The first-order valence-electron chi connectivity index (χ1n) is 5.26. The van der Waals surface area contributed by atoms with Gasteiger partial charge >= 0.3 is 11.9 Å². The zero-order valence-electron chi connectivity index (χ0n) is 11.5. The maximum Gasteiger partial charge on any atom is 0.372 e. The highest BCUT2D eigenvalue weighted by atomic mass is 16.4. The predicted octanol–water partition coefficient (Wildman–Crippen LogP) is 1.37. The van der Waals surface area contributed by atoms with Gasteiger partial charge in [0.1, 0.15) is 0 Å². The van der Waals surface area contributed by atoms with E-state index in [-0.39, 0.29) is 0 Å². The van der Waals surface area contributed by atoms with Crippen LogP contribution in [0.15, 0.2) is 0 Å². The number of hydrogen-bond donors (Lipinski definition) is 2. The minimum Gasteiger partial charge on any atom is -0.475 e. The average Bonchev–Trinajstić information content (AvgIpc) is 2.13. The van der Waals surface area contributed by atoms with E-state index in [1.165, 1.54) is 0 Å². The van der Waals surface area contributed by atoms with Gasteiger partial charge in [0.25, 0.3) is 0 Å². The normalized spacial score (nSPS) is 11.0. The molecule has 0 fully saturated rings. The molecule has 0 aromatic rings. The number of rotatable bonds is 2. The van der Waals surface area contributed by atoms with E-state index in [4.69, 9.17) is 10.2 Å². The Balaban J connectivity index is 0. The first-order chi connectivity index (χ1) is 7.71. The lowest BCUT2D eigenvalue weighted by Crippen LogP contribution is -2.27. The summed E-state index contributed by atoms with van der Waals surface area (Å²) in [5.41, 5.74) is -1.52. The van der Waals surface area contributed by atoms with E-state index in [2.05, 4.69) is 0 Å². The highest BCUT2D eigenvalue weighted by molar-refractivity contribution is 6.34. The van der Waals surface area contributed by atoms with Crippen molar-refractivity contribution in [2.24, 2.45) is 10.8 Å². The highest BCUT2D eigenvalue weighted by Gasteiger charge is 2.27. The van der Waals surface area contributed by atoms with Crippen molar-refractivity contribution >= 4 is 23.5 Å². The monoisotopic (exact) mass is 260 g/mol. The van der Waals surface area contributed by atoms with Crippen LogP contribution in [0.3, 0.4) is 0 Å². The second kappa shape index (κ2) is 6.28. The summed E-state index contributed by atoms with van der Waals surface area (Å²) in [6.07, 6.45) is 0. The van der Waals surface area contributed by atoms with Crippen LogP contribution >= 0.6 is 0 Å². The predicted molar refractivity (Wildman–Crippen MR) is 64.2 cm³/mol. The van der Waals surface area contributed by atoms with Crippen molar-refractivity contribution in [1.29, 1.82) is 0 Å². The molecule has 0 heterocycles. The van der Waals surface area contributed by atoms with E-state index in [0.717, 1.165) is 0 Å². The topological polar surface area (TPSA) is 109 Å². The number of carboxylic acid groups (broad SMARTS) is 2. The molecule has 2 N–H and O–H groups in total. The molecule has 0 aliphatic rings. The molecular weight excluding hydrogens is 240 g/mol. The highest BCUT2D eigenvalue weighted by Crippen LogP contribution is 2.14. The largest absolute Gasteiger partial charge is 0.475 e. The van der Waals surface area contributed by atoms with Gasteiger partial charge in [0, 0.05) is 10.8 Å². The summed E-state index contributed by atoms with van der Waals surface area (Å²) in [5, 5.41) is 16.3. The molecule has 18 heavy (non-hydrogen) atoms. The number of Topliss-reactive ketones (excluding diaryl/α,β-unsaturated/α-hetero) is 2. The van der Waals surface area contributed by atoms with Gasteiger partial charge in [0.15, 0.2) is 0 Å². The lowest BCUT2D eigenvalue weighted by Gasteiger charge is -2.11. The van der Waals surface area contributed by atoms with E-state index >= 15 is 0 Å². The number of carbonyl (C=O) groups is 4. The standard InChI is InChI=1S/2C6H10O3/c2*1-6(2,3)4(7)5(8)9/h2*1-3H3,(H,8,9). The Bertz CT molecular complexity index is 318. The molecule has 0 radical (unpaired) electrons. The molecule has 0 aliphatic heterocycles. The van der Waals surface area contributed by atoms with Crippen molar-refractivity contribution < 1.29 is 29.4 Å². The van der Waals surface area contributed by atoms with Gasteiger partial charge in [0.05, 0.1) is 0 Å². The third-order valence-corrected chi connectivity index (χ3v) is 1.75. The van der Waals surface area contributed by atoms with Crippen molar-refractivity contribution in [3.63, 3.8) is 0 Å². The molecule has 0 amide bonds. The molecular formula is C12H20O6. The summed E-state index contributed by atoms with van der Waals surface area (Å²) in [5.74, 6) is -4.21. The van der Waals surface area contributed by atoms with Crippen LogP contribution in [0.4, 0.5) is 0 Å². The van der Waals surface area contributed by atoms with Gasteiger partial charge in [-0.15, -0.1) is 0 Å². The Kier molecular flexibility index (Phi) is 6.50. The van der Waals surface area contributed by atoms with Crippen LogP contribution in [-0.2, 0) is 19.2 Å². The second-order valence-electron chi connectivity index (χ2n) is 5.77. The molecule has 0 atom stereocenters. The van der Waals surface area contributed by atoms with Gasteiger partial charge in [-0.3, -0.25) is 9.59 Å². The fourth-order valence-corrected chi connectivity index (χ4v) is 0.642. The summed E-state index contributed by atoms with van der Waals surface area (Å²) in [6.45, 7) is 9.44. The third kappa shape index (κ3) is 7.54. The van der Waals surface area contributed by atoms with Crippen LogP contribution in [0.25, 0.3) is 0 Å². The summed E-state index contributed by atoms with van der Waals surface area (Å²) in [7, 11) is 0. The lowest BCUT2D eigenvalue weighted by atomic mass is 9.91. The number of ketones is 2. The number of aliphatic carboxylic acids is 2. The van der Waals surface area contributed by atoms with E-state index < -0.39 is 34.3 Å². The summed E-state index contributed by atoms with van der Waals surface area (Å²) >= 11 is 0. The minimum atomic E-state index is -1.36. The minimum absolute atomic E-state index is 0.748. The van der Waals surface area contributed by atoms with E-state index in [1.54, 1.807) is 41.5 Å². The maximum absolute atomic E-state index is 10.6. The van der Waals surface area contributed by atoms with Crippen LogP contribution in [-0.4, -0.2) is 33.7 Å². The Morgan fingerprint density at radius 1 is 0.611 bits per heavy atom. The van der Waals surface area contributed by atoms with Gasteiger partial charge in [-0.1, -0.05) is 41.5 Å². The Morgan fingerprint density at radius 3 is 0.778 bits per heavy atom. The number of hydrogen-bond acceptors (Lipinski definition) is 4.